The van der Waals surface area contributed by atoms with E-state index < -0.39 is 0 Å². The lowest BCUT2D eigenvalue weighted by Crippen LogP contribution is -2.36. The fourth-order valence-corrected chi connectivity index (χ4v) is 2.21. The van der Waals surface area contributed by atoms with Crippen LogP contribution < -0.4 is 0 Å². The van der Waals surface area contributed by atoms with Gasteiger partial charge in [-0.2, -0.15) is 0 Å². The normalized spacial score (nSPS) is 17.0. The summed E-state index contributed by atoms with van der Waals surface area (Å²) in [6, 6.07) is 0. The minimum absolute atomic E-state index is 0.185. The molecule has 1 aliphatic rings. The Bertz CT molecular complexity index is 363. The summed E-state index contributed by atoms with van der Waals surface area (Å²) in [4.78, 5) is 7.53. The molecule has 0 spiro atoms. The van der Waals surface area contributed by atoms with Crippen molar-refractivity contribution in [2.75, 3.05) is 26.2 Å². The van der Waals surface area contributed by atoms with Gasteiger partial charge in [0.25, 0.3) is 0 Å². The number of piperidine rings is 1. The largest absolute Gasteiger partial charge is 0.392 e. The molecular weight excluding hydrogens is 267 g/mol. The minimum Gasteiger partial charge on any atom is -0.392 e. The third kappa shape index (κ3) is 9.04. The van der Waals surface area contributed by atoms with E-state index in [-0.39, 0.29) is 6.61 Å². The van der Waals surface area contributed by atoms with Crippen molar-refractivity contribution in [1.29, 1.82) is 0 Å². The quantitative estimate of drug-likeness (QED) is 0.235. The average Bonchev–Trinajstić information content (AvgIpc) is 2.51. The van der Waals surface area contributed by atoms with Crippen LogP contribution in [0.5, 0.6) is 0 Å². The van der Waals surface area contributed by atoms with Gasteiger partial charge in [0.2, 0.25) is 0 Å². The van der Waals surface area contributed by atoms with Crippen molar-refractivity contribution in [3.05, 3.63) is 25.1 Å². The molecular formula is C17H27FN2O. The fraction of sp³-hybridized carbons (Fsp3) is 0.588. The van der Waals surface area contributed by atoms with E-state index in [9.17, 15) is 4.39 Å². The van der Waals surface area contributed by atoms with Crippen LogP contribution in [0.2, 0.25) is 0 Å². The molecule has 1 heterocycles. The Morgan fingerprint density at radius 2 is 2.14 bits per heavy atom. The van der Waals surface area contributed by atoms with Crippen molar-refractivity contribution in [3.8, 4) is 12.3 Å². The summed E-state index contributed by atoms with van der Waals surface area (Å²) in [6.07, 6.45) is 11.2. The lowest BCUT2D eigenvalue weighted by molar-refractivity contribution is 0.166. The highest BCUT2D eigenvalue weighted by Crippen LogP contribution is 2.20. The van der Waals surface area contributed by atoms with Crippen LogP contribution in [0, 0.1) is 18.3 Å². The maximum absolute atomic E-state index is 11.8. The number of hydrogen-bond acceptors (Lipinski definition) is 3. The summed E-state index contributed by atoms with van der Waals surface area (Å²) in [5.74, 6) is 2.72. The maximum atomic E-state index is 11.8. The van der Waals surface area contributed by atoms with E-state index >= 15 is 0 Å². The molecule has 0 bridgehead atoms. The van der Waals surface area contributed by atoms with Gasteiger partial charge in [0, 0.05) is 12.3 Å². The van der Waals surface area contributed by atoms with Crippen LogP contribution in [0.3, 0.4) is 0 Å². The minimum atomic E-state index is 0.185. The molecule has 3 nitrogen and oxygen atoms in total. The summed E-state index contributed by atoms with van der Waals surface area (Å²) < 4.78 is 11.8. The molecule has 0 radical (unpaired) electrons. The molecule has 0 aromatic rings. The van der Waals surface area contributed by atoms with Gasteiger partial charge in [0.15, 0.2) is 0 Å². The number of rotatable bonds is 7. The SMILES string of the molecule is C#CC.C=CC/C(=N\OC/C=C/F)C1CCN(CC)CC1. The second-order valence-corrected chi connectivity index (χ2v) is 4.73. The lowest BCUT2D eigenvalue weighted by Gasteiger charge is -2.31. The standard InChI is InChI=1S/C14H23FN2O.C3H4/c1-3-6-14(16-18-12-5-9-15)13-7-10-17(4-2)11-8-13;1-3-2/h3,5,9,13H,1,4,6-8,10-12H2,2H3;1H,2H3/b9-5+,16-14+;. The first-order valence-electron chi connectivity index (χ1n) is 7.37. The molecule has 0 saturated carbocycles. The third-order valence-electron chi connectivity index (χ3n) is 3.30. The Hall–Kier alpha value is -1.60. The molecule has 118 valence electrons. The van der Waals surface area contributed by atoms with Crippen LogP contribution in [0.25, 0.3) is 0 Å². The highest BCUT2D eigenvalue weighted by molar-refractivity contribution is 5.87. The van der Waals surface area contributed by atoms with Gasteiger partial charge in [-0.15, -0.1) is 18.9 Å². The van der Waals surface area contributed by atoms with Crippen LogP contribution in [0.4, 0.5) is 4.39 Å². The van der Waals surface area contributed by atoms with Gasteiger partial charge in [0.05, 0.1) is 12.0 Å². The smallest absolute Gasteiger partial charge is 0.137 e. The Kier molecular flexibility index (Phi) is 12.4. The molecule has 0 atom stereocenters. The zero-order valence-electron chi connectivity index (χ0n) is 13.2. The first-order chi connectivity index (χ1) is 10.2. The monoisotopic (exact) mass is 294 g/mol. The van der Waals surface area contributed by atoms with Crippen LogP contribution in [-0.4, -0.2) is 36.9 Å². The highest BCUT2D eigenvalue weighted by Gasteiger charge is 2.22. The van der Waals surface area contributed by atoms with Gasteiger partial charge >= 0.3 is 0 Å². The molecule has 1 aliphatic heterocycles. The van der Waals surface area contributed by atoms with Gasteiger partial charge < -0.3 is 9.74 Å². The van der Waals surface area contributed by atoms with Crippen molar-refractivity contribution in [2.24, 2.45) is 11.1 Å². The van der Waals surface area contributed by atoms with E-state index in [0.29, 0.717) is 12.2 Å². The number of nitrogens with zero attached hydrogens (tertiary/aromatic N) is 2. The lowest BCUT2D eigenvalue weighted by atomic mass is 9.90. The molecule has 0 amide bonds. The molecule has 4 heteroatoms. The number of hydrogen-bond donors (Lipinski definition) is 0. The summed E-state index contributed by atoms with van der Waals surface area (Å²) in [7, 11) is 0. The second-order valence-electron chi connectivity index (χ2n) is 4.73. The molecule has 1 saturated heterocycles. The van der Waals surface area contributed by atoms with Crippen LogP contribution in [-0.2, 0) is 4.84 Å². The second kappa shape index (κ2) is 13.4. The summed E-state index contributed by atoms with van der Waals surface area (Å²) in [5, 5.41) is 4.13. The molecule has 0 aromatic heterocycles. The Morgan fingerprint density at radius 3 is 2.62 bits per heavy atom. The zero-order valence-corrected chi connectivity index (χ0v) is 13.2. The molecule has 21 heavy (non-hydrogen) atoms. The average molecular weight is 294 g/mol. The van der Waals surface area contributed by atoms with Gasteiger partial charge in [-0.25, -0.2) is 4.39 Å². The Balaban J connectivity index is 0.00000122. The number of allylic oxidation sites excluding steroid dienone is 1. The Labute approximate surface area is 128 Å². The van der Waals surface area contributed by atoms with E-state index in [1.54, 1.807) is 6.92 Å². The van der Waals surface area contributed by atoms with Gasteiger partial charge in [0.1, 0.15) is 6.61 Å². The Morgan fingerprint density at radius 1 is 1.52 bits per heavy atom. The van der Waals surface area contributed by atoms with Gasteiger partial charge in [-0.05, 0) is 45.5 Å². The number of oxime groups is 1. The molecule has 0 N–H and O–H groups in total. The van der Waals surface area contributed by atoms with Crippen molar-refractivity contribution in [3.63, 3.8) is 0 Å². The van der Waals surface area contributed by atoms with Crippen molar-refractivity contribution in [1.82, 2.24) is 4.90 Å². The van der Waals surface area contributed by atoms with E-state index in [1.165, 1.54) is 6.08 Å². The summed E-state index contributed by atoms with van der Waals surface area (Å²) >= 11 is 0. The van der Waals surface area contributed by atoms with Crippen LogP contribution in [0.15, 0.2) is 30.2 Å². The predicted molar refractivity (Wildman–Crippen MR) is 87.8 cm³/mol. The van der Waals surface area contributed by atoms with Gasteiger partial charge in [-0.3, -0.25) is 0 Å². The molecule has 1 rings (SSSR count). The summed E-state index contributed by atoms with van der Waals surface area (Å²) in [5.41, 5.74) is 1.04. The molecule has 1 fully saturated rings. The van der Waals surface area contributed by atoms with Crippen molar-refractivity contribution in [2.45, 2.75) is 33.1 Å². The topological polar surface area (TPSA) is 24.8 Å². The molecule has 0 aromatic carbocycles. The highest BCUT2D eigenvalue weighted by atomic mass is 19.1. The molecule has 0 aliphatic carbocycles. The predicted octanol–water partition coefficient (Wildman–Crippen LogP) is 3.79. The third-order valence-corrected chi connectivity index (χ3v) is 3.30. The van der Waals surface area contributed by atoms with E-state index in [4.69, 9.17) is 4.84 Å². The van der Waals surface area contributed by atoms with E-state index in [1.807, 2.05) is 6.08 Å². The van der Waals surface area contributed by atoms with Crippen molar-refractivity contribution >= 4 is 5.71 Å². The van der Waals surface area contributed by atoms with Crippen LogP contribution in [0.1, 0.15) is 33.1 Å². The fourth-order valence-electron chi connectivity index (χ4n) is 2.21. The maximum Gasteiger partial charge on any atom is 0.137 e. The van der Waals surface area contributed by atoms with Crippen LogP contribution >= 0.6 is 0 Å². The van der Waals surface area contributed by atoms with E-state index in [0.717, 1.165) is 44.6 Å². The summed E-state index contributed by atoms with van der Waals surface area (Å²) in [6.45, 7) is 11.1. The first-order valence-corrected chi connectivity index (χ1v) is 7.37. The van der Waals surface area contributed by atoms with Crippen molar-refractivity contribution < 1.29 is 9.23 Å². The number of halogens is 1. The number of likely N-dealkylation sites (tertiary alicyclic amines) is 1. The van der Waals surface area contributed by atoms with Gasteiger partial charge in [-0.1, -0.05) is 18.2 Å². The van der Waals surface area contributed by atoms with E-state index in [2.05, 4.69) is 35.9 Å². The zero-order chi connectivity index (χ0) is 15.9. The molecule has 0 unspecified atom stereocenters. The first kappa shape index (κ1) is 19.4. The number of terminal acetylenes is 1.